The van der Waals surface area contributed by atoms with E-state index in [0.29, 0.717) is 32.6 Å². The highest BCUT2D eigenvalue weighted by molar-refractivity contribution is 6.42. The van der Waals surface area contributed by atoms with Crippen LogP contribution in [-0.4, -0.2) is 36.3 Å². The zero-order valence-corrected chi connectivity index (χ0v) is 21.2. The largest absolute Gasteiger partial charge is 0.476 e. The van der Waals surface area contributed by atoms with E-state index in [4.69, 9.17) is 37.4 Å². The van der Waals surface area contributed by atoms with Gasteiger partial charge in [0.05, 0.1) is 18.4 Å². The number of halogens is 2. The number of hydrogen-bond donors (Lipinski definition) is 0. The van der Waals surface area contributed by atoms with Crippen molar-refractivity contribution in [1.29, 1.82) is 0 Å². The summed E-state index contributed by atoms with van der Waals surface area (Å²) in [5.41, 5.74) is -0.685. The smallest absolute Gasteiger partial charge is 0.422 e. The van der Waals surface area contributed by atoms with Crippen molar-refractivity contribution in [2.45, 2.75) is 45.8 Å². The summed E-state index contributed by atoms with van der Waals surface area (Å²) in [6.07, 6.45) is 0.729. The van der Waals surface area contributed by atoms with E-state index in [1.165, 1.54) is 13.2 Å². The van der Waals surface area contributed by atoms with Gasteiger partial charge in [0.1, 0.15) is 11.4 Å². The van der Waals surface area contributed by atoms with Crippen molar-refractivity contribution in [2.75, 3.05) is 12.0 Å². The van der Waals surface area contributed by atoms with Gasteiger partial charge in [-0.3, -0.25) is 4.79 Å². The van der Waals surface area contributed by atoms with Crippen LogP contribution in [0.5, 0.6) is 5.75 Å². The molecule has 0 unspecified atom stereocenters. The van der Waals surface area contributed by atoms with Crippen molar-refractivity contribution in [2.24, 2.45) is 0 Å². The van der Waals surface area contributed by atoms with Gasteiger partial charge in [0.2, 0.25) is 0 Å². The molecule has 0 saturated heterocycles. The molecule has 0 radical (unpaired) electrons. The van der Waals surface area contributed by atoms with Crippen LogP contribution in [0.2, 0.25) is 10.0 Å². The molecule has 0 aromatic heterocycles. The van der Waals surface area contributed by atoms with E-state index in [0.717, 1.165) is 4.90 Å². The summed E-state index contributed by atoms with van der Waals surface area (Å²) in [7, 11) is 1.27. The Morgan fingerprint density at radius 2 is 1.59 bits per heavy atom. The van der Waals surface area contributed by atoms with Crippen molar-refractivity contribution >= 4 is 58.5 Å². The number of carbonyl (C=O) groups excluding carboxylic acids is 3. The van der Waals surface area contributed by atoms with Gasteiger partial charge < -0.3 is 14.2 Å². The van der Waals surface area contributed by atoms with Crippen molar-refractivity contribution < 1.29 is 28.6 Å². The van der Waals surface area contributed by atoms with Crippen molar-refractivity contribution in [3.05, 3.63) is 57.6 Å². The first-order valence-electron chi connectivity index (χ1n) is 10.4. The lowest BCUT2D eigenvalue weighted by Crippen LogP contribution is -2.39. The molecule has 0 fully saturated rings. The van der Waals surface area contributed by atoms with E-state index < -0.39 is 29.2 Å². The van der Waals surface area contributed by atoms with Crippen LogP contribution >= 0.6 is 23.2 Å². The number of methoxy groups -OCH3 is 1. The van der Waals surface area contributed by atoms with Gasteiger partial charge in [-0.25, -0.2) is 14.5 Å². The van der Waals surface area contributed by atoms with Crippen LogP contribution in [0.25, 0.3) is 11.6 Å². The third-order valence-electron chi connectivity index (χ3n) is 4.81. The number of esters is 1. The Bertz CT molecular complexity index is 1200. The highest BCUT2D eigenvalue weighted by atomic mass is 35.5. The molecule has 34 heavy (non-hydrogen) atoms. The summed E-state index contributed by atoms with van der Waals surface area (Å²) in [4.78, 5) is 39.4. The van der Waals surface area contributed by atoms with E-state index in [9.17, 15) is 14.4 Å². The number of nitrogens with zero attached hydrogens (tertiary/aromatic N) is 1. The zero-order chi connectivity index (χ0) is 25.4. The molecule has 0 spiro atoms. The minimum absolute atomic E-state index is 0.209. The molecule has 2 aromatic rings. The maximum atomic E-state index is 13.4. The van der Waals surface area contributed by atoms with Crippen LogP contribution in [0.15, 0.2) is 36.4 Å². The Morgan fingerprint density at radius 3 is 2.21 bits per heavy atom. The monoisotopic (exact) mass is 505 g/mol. The molecule has 9 heteroatoms. The maximum Gasteiger partial charge on any atom is 0.422 e. The molecule has 2 aromatic carbocycles. The van der Waals surface area contributed by atoms with Gasteiger partial charge in [0.25, 0.3) is 5.91 Å². The number of imide groups is 1. The lowest BCUT2D eigenvalue weighted by molar-refractivity contribution is -0.156. The third-order valence-corrected chi connectivity index (χ3v) is 5.28. The standard InChI is InChI=1S/C25H25Cl2NO6/c1-24(2,3)34-23(31)28-19-13-16(27)7-9-17(19)18(21(28)29)12-14-11-15(26)8-10-20(14)33-25(4,5)22(30)32-6/h7-13H,1-6H3/b18-12+. The average Bonchev–Trinajstić information content (AvgIpc) is 2.98. The fraction of sp³-hybridized carbons (Fsp3) is 0.320. The number of fused-ring (bicyclic) bond motifs is 1. The Labute approximate surface area is 208 Å². The van der Waals surface area contributed by atoms with Gasteiger partial charge in [0.15, 0.2) is 5.60 Å². The van der Waals surface area contributed by atoms with Crippen molar-refractivity contribution in [3.8, 4) is 5.75 Å². The summed E-state index contributed by atoms with van der Waals surface area (Å²) >= 11 is 12.4. The fourth-order valence-corrected chi connectivity index (χ4v) is 3.68. The summed E-state index contributed by atoms with van der Waals surface area (Å²) in [6, 6.07) is 9.58. The molecule has 180 valence electrons. The molecule has 0 bridgehead atoms. The van der Waals surface area contributed by atoms with Gasteiger partial charge in [-0.1, -0.05) is 29.3 Å². The van der Waals surface area contributed by atoms with Gasteiger partial charge in [-0.2, -0.15) is 0 Å². The summed E-state index contributed by atoms with van der Waals surface area (Å²) < 4.78 is 16.2. The van der Waals surface area contributed by atoms with Crippen LogP contribution in [0.1, 0.15) is 45.7 Å². The molecule has 3 rings (SSSR count). The second kappa shape index (κ2) is 9.31. The number of amides is 2. The van der Waals surface area contributed by atoms with Gasteiger partial charge in [-0.05, 0) is 71.0 Å². The second-order valence-electron chi connectivity index (χ2n) is 9.13. The molecule has 0 saturated carbocycles. The Balaban J connectivity index is 2.12. The van der Waals surface area contributed by atoms with Crippen LogP contribution in [0.4, 0.5) is 10.5 Å². The number of ether oxygens (including phenoxy) is 3. The molecule has 7 nitrogen and oxygen atoms in total. The third kappa shape index (κ3) is 5.37. The summed E-state index contributed by atoms with van der Waals surface area (Å²) in [6.45, 7) is 8.25. The highest BCUT2D eigenvalue weighted by Gasteiger charge is 2.39. The van der Waals surface area contributed by atoms with Gasteiger partial charge >= 0.3 is 12.1 Å². The molecular formula is C25H25Cl2NO6. The minimum Gasteiger partial charge on any atom is -0.476 e. The van der Waals surface area contributed by atoms with E-state index in [2.05, 4.69) is 0 Å². The minimum atomic E-state index is -1.30. The molecule has 1 aliphatic heterocycles. The van der Waals surface area contributed by atoms with Crippen LogP contribution in [0, 0.1) is 0 Å². The molecule has 1 heterocycles. The molecule has 0 N–H and O–H groups in total. The quantitative estimate of drug-likeness (QED) is 0.366. The van der Waals surface area contributed by atoms with Crippen LogP contribution in [0.3, 0.4) is 0 Å². The predicted octanol–water partition coefficient (Wildman–Crippen LogP) is 6.15. The van der Waals surface area contributed by atoms with Gasteiger partial charge in [0, 0.05) is 21.2 Å². The summed E-state index contributed by atoms with van der Waals surface area (Å²) in [5.74, 6) is -0.870. The van der Waals surface area contributed by atoms with Crippen molar-refractivity contribution in [3.63, 3.8) is 0 Å². The second-order valence-corrected chi connectivity index (χ2v) is 10.00. The molecular weight excluding hydrogens is 481 g/mol. The predicted molar refractivity (Wildman–Crippen MR) is 131 cm³/mol. The zero-order valence-electron chi connectivity index (χ0n) is 19.7. The number of carbonyl (C=O) groups is 3. The lowest BCUT2D eigenvalue weighted by Gasteiger charge is -2.24. The van der Waals surface area contributed by atoms with Crippen LogP contribution < -0.4 is 9.64 Å². The van der Waals surface area contributed by atoms with E-state index in [-0.39, 0.29) is 5.57 Å². The number of anilines is 1. The molecule has 0 atom stereocenters. The first kappa shape index (κ1) is 25.6. The molecule has 1 aliphatic rings. The van der Waals surface area contributed by atoms with Crippen LogP contribution in [-0.2, 0) is 19.1 Å². The van der Waals surface area contributed by atoms with E-state index in [1.54, 1.807) is 71.0 Å². The average molecular weight is 506 g/mol. The Kier molecular flexibility index (Phi) is 7.01. The highest BCUT2D eigenvalue weighted by Crippen LogP contribution is 2.41. The first-order valence-corrected chi connectivity index (χ1v) is 11.1. The Hall–Kier alpha value is -3.03. The topological polar surface area (TPSA) is 82.1 Å². The first-order chi connectivity index (χ1) is 15.7. The van der Waals surface area contributed by atoms with Crippen molar-refractivity contribution in [1.82, 2.24) is 0 Å². The molecule has 2 amide bonds. The normalized spacial score (nSPS) is 14.8. The number of hydrogen-bond acceptors (Lipinski definition) is 6. The Morgan fingerprint density at radius 1 is 0.971 bits per heavy atom. The number of rotatable bonds is 4. The van der Waals surface area contributed by atoms with E-state index in [1.807, 2.05) is 0 Å². The maximum absolute atomic E-state index is 13.4. The van der Waals surface area contributed by atoms with E-state index >= 15 is 0 Å². The van der Waals surface area contributed by atoms with Gasteiger partial charge in [-0.15, -0.1) is 0 Å². The SMILES string of the molecule is COC(=O)C(C)(C)Oc1ccc(Cl)cc1/C=C1/C(=O)N(C(=O)OC(C)(C)C)c2cc(Cl)ccc21. The summed E-state index contributed by atoms with van der Waals surface area (Å²) in [5, 5.41) is 0.744. The number of benzene rings is 2. The lowest BCUT2D eigenvalue weighted by atomic mass is 10.0. The molecule has 0 aliphatic carbocycles. The fourth-order valence-electron chi connectivity index (χ4n) is 3.33.